The maximum absolute atomic E-state index is 13.1. The minimum atomic E-state index is 0.0889. The maximum atomic E-state index is 13.1. The first-order valence-corrected chi connectivity index (χ1v) is 11.5. The molecule has 160 valence electrons. The number of ether oxygens (including phenoxy) is 1. The molecule has 0 aromatic carbocycles. The Balaban J connectivity index is 1.54. The van der Waals surface area contributed by atoms with Gasteiger partial charge in [0.1, 0.15) is 0 Å². The first-order chi connectivity index (χ1) is 14.3. The molecule has 3 aliphatic heterocycles. The Kier molecular flexibility index (Phi) is 7.52. The van der Waals surface area contributed by atoms with Crippen LogP contribution in [0.5, 0.6) is 0 Å². The second kappa shape index (κ2) is 10.5. The molecule has 6 heteroatoms. The highest BCUT2D eigenvalue weighted by atomic mass is 16.5. The molecular formula is C23H36N4O2. The van der Waals surface area contributed by atoms with Gasteiger partial charge >= 0.3 is 0 Å². The van der Waals surface area contributed by atoms with Crippen molar-refractivity contribution in [2.24, 2.45) is 5.92 Å². The molecule has 2 atom stereocenters. The minimum Gasteiger partial charge on any atom is -0.381 e. The summed E-state index contributed by atoms with van der Waals surface area (Å²) in [6.07, 6.45) is 11.7. The molecule has 0 aliphatic carbocycles. The molecule has 1 amide bonds. The first-order valence-electron chi connectivity index (χ1n) is 11.5. The SMILES string of the molecule is O=C1NCCCCCCN(Cc2ccncc2)[C@@H]2CN(C3CCOCC3)CC[C@@H]12. The van der Waals surface area contributed by atoms with Crippen LogP contribution in [0.1, 0.15) is 50.5 Å². The smallest absolute Gasteiger partial charge is 0.224 e. The first kappa shape index (κ1) is 20.8. The molecule has 1 N–H and O–H groups in total. The highest BCUT2D eigenvalue weighted by Gasteiger charge is 2.39. The summed E-state index contributed by atoms with van der Waals surface area (Å²) >= 11 is 0. The number of hydrogen-bond donors (Lipinski definition) is 1. The van der Waals surface area contributed by atoms with E-state index in [0.717, 1.165) is 71.6 Å². The number of pyridine rings is 1. The Morgan fingerprint density at radius 2 is 1.83 bits per heavy atom. The molecule has 0 unspecified atom stereocenters. The van der Waals surface area contributed by atoms with Crippen LogP contribution in [-0.2, 0) is 16.1 Å². The van der Waals surface area contributed by atoms with E-state index in [4.69, 9.17) is 4.74 Å². The van der Waals surface area contributed by atoms with E-state index in [0.29, 0.717) is 6.04 Å². The number of rotatable bonds is 3. The summed E-state index contributed by atoms with van der Waals surface area (Å²) in [6.45, 7) is 6.57. The summed E-state index contributed by atoms with van der Waals surface area (Å²) in [4.78, 5) is 22.5. The molecule has 3 fully saturated rings. The van der Waals surface area contributed by atoms with E-state index >= 15 is 0 Å². The molecule has 3 saturated heterocycles. The summed E-state index contributed by atoms with van der Waals surface area (Å²) in [6, 6.07) is 5.10. The lowest BCUT2D eigenvalue weighted by atomic mass is 9.87. The van der Waals surface area contributed by atoms with E-state index in [1.54, 1.807) is 0 Å². The van der Waals surface area contributed by atoms with Crippen molar-refractivity contribution >= 4 is 5.91 Å². The quantitative estimate of drug-likeness (QED) is 0.845. The number of fused-ring (bicyclic) bond motifs is 1. The van der Waals surface area contributed by atoms with E-state index in [9.17, 15) is 4.79 Å². The fourth-order valence-electron chi connectivity index (χ4n) is 5.23. The number of aromatic nitrogens is 1. The third kappa shape index (κ3) is 5.56. The lowest BCUT2D eigenvalue weighted by molar-refractivity contribution is -0.130. The van der Waals surface area contributed by atoms with Gasteiger partial charge in [0, 0.05) is 57.3 Å². The van der Waals surface area contributed by atoms with Crippen LogP contribution in [-0.4, -0.2) is 72.2 Å². The third-order valence-corrected chi connectivity index (χ3v) is 6.93. The molecule has 0 saturated carbocycles. The number of nitrogens with one attached hydrogen (secondary N) is 1. The fraction of sp³-hybridized carbons (Fsp3) is 0.739. The molecule has 6 nitrogen and oxygen atoms in total. The second-order valence-corrected chi connectivity index (χ2v) is 8.83. The van der Waals surface area contributed by atoms with Crippen LogP contribution >= 0.6 is 0 Å². The van der Waals surface area contributed by atoms with Crippen LogP contribution in [0.2, 0.25) is 0 Å². The number of piperidine rings is 1. The van der Waals surface area contributed by atoms with Crippen LogP contribution in [0, 0.1) is 5.92 Å². The van der Waals surface area contributed by atoms with E-state index in [1.165, 1.54) is 24.8 Å². The maximum Gasteiger partial charge on any atom is 0.224 e. The minimum absolute atomic E-state index is 0.0889. The zero-order chi connectivity index (χ0) is 19.9. The highest BCUT2D eigenvalue weighted by Crippen LogP contribution is 2.29. The van der Waals surface area contributed by atoms with Gasteiger partial charge in [0.25, 0.3) is 0 Å². The van der Waals surface area contributed by atoms with Gasteiger partial charge in [-0.05, 0) is 62.9 Å². The van der Waals surface area contributed by atoms with Crippen LogP contribution in [0.3, 0.4) is 0 Å². The van der Waals surface area contributed by atoms with E-state index in [-0.39, 0.29) is 17.9 Å². The Morgan fingerprint density at radius 1 is 1.03 bits per heavy atom. The summed E-state index contributed by atoms with van der Waals surface area (Å²) < 4.78 is 5.59. The number of carbonyl (C=O) groups excluding carboxylic acids is 1. The average molecular weight is 401 g/mol. The molecule has 0 bridgehead atoms. The largest absolute Gasteiger partial charge is 0.381 e. The molecule has 0 spiro atoms. The monoisotopic (exact) mass is 400 g/mol. The molecule has 3 aliphatic rings. The summed E-state index contributed by atoms with van der Waals surface area (Å²) in [5.74, 6) is 0.356. The van der Waals surface area contributed by atoms with Crippen LogP contribution in [0.4, 0.5) is 0 Å². The lowest BCUT2D eigenvalue weighted by Crippen LogP contribution is -2.58. The lowest BCUT2D eigenvalue weighted by Gasteiger charge is -2.46. The Bertz CT molecular complexity index is 635. The van der Waals surface area contributed by atoms with Crippen molar-refractivity contribution in [3.05, 3.63) is 30.1 Å². The number of carbonyl (C=O) groups is 1. The third-order valence-electron chi connectivity index (χ3n) is 6.93. The van der Waals surface area contributed by atoms with Gasteiger partial charge in [-0.1, -0.05) is 12.8 Å². The predicted molar refractivity (Wildman–Crippen MR) is 113 cm³/mol. The molecule has 1 aromatic rings. The molecule has 1 aromatic heterocycles. The molecule has 29 heavy (non-hydrogen) atoms. The topological polar surface area (TPSA) is 57.7 Å². The standard InChI is InChI=1S/C23H36N4O2/c28-23-21-7-14-26(20-8-15-29-16-9-20)18-22(21)27(13-4-2-1-3-10-25-23)17-19-5-11-24-12-6-19/h5-6,11-12,20-22H,1-4,7-10,13-18H2,(H,25,28)/t21-,22-/m1/s1. The van der Waals surface area contributed by atoms with Crippen LogP contribution in [0.15, 0.2) is 24.5 Å². The van der Waals surface area contributed by atoms with Gasteiger partial charge in [-0.25, -0.2) is 0 Å². The van der Waals surface area contributed by atoms with Gasteiger partial charge in [0.05, 0.1) is 5.92 Å². The zero-order valence-corrected chi connectivity index (χ0v) is 17.6. The van der Waals surface area contributed by atoms with Gasteiger partial charge in [-0.3, -0.25) is 19.6 Å². The number of amides is 1. The van der Waals surface area contributed by atoms with E-state index in [2.05, 4.69) is 32.2 Å². The van der Waals surface area contributed by atoms with Gasteiger partial charge in [0.2, 0.25) is 5.91 Å². The van der Waals surface area contributed by atoms with Crippen LogP contribution in [0.25, 0.3) is 0 Å². The molecule has 4 rings (SSSR count). The van der Waals surface area contributed by atoms with Crippen molar-refractivity contribution in [2.45, 2.75) is 63.6 Å². The number of hydrogen-bond acceptors (Lipinski definition) is 5. The van der Waals surface area contributed by atoms with Crippen molar-refractivity contribution in [1.82, 2.24) is 20.1 Å². The zero-order valence-electron chi connectivity index (χ0n) is 17.6. The van der Waals surface area contributed by atoms with Crippen molar-refractivity contribution in [2.75, 3.05) is 39.4 Å². The van der Waals surface area contributed by atoms with Gasteiger partial charge in [0.15, 0.2) is 0 Å². The fourth-order valence-corrected chi connectivity index (χ4v) is 5.23. The normalized spacial score (nSPS) is 28.9. The average Bonchev–Trinajstić information content (AvgIpc) is 2.81. The second-order valence-electron chi connectivity index (χ2n) is 8.83. The van der Waals surface area contributed by atoms with Gasteiger partial charge < -0.3 is 10.1 Å². The summed E-state index contributed by atoms with van der Waals surface area (Å²) in [5, 5.41) is 3.24. The summed E-state index contributed by atoms with van der Waals surface area (Å²) in [7, 11) is 0. The summed E-state index contributed by atoms with van der Waals surface area (Å²) in [5.41, 5.74) is 1.29. The van der Waals surface area contributed by atoms with Crippen molar-refractivity contribution in [3.63, 3.8) is 0 Å². The van der Waals surface area contributed by atoms with Crippen molar-refractivity contribution in [3.8, 4) is 0 Å². The Hall–Kier alpha value is -1.50. The highest BCUT2D eigenvalue weighted by molar-refractivity contribution is 5.79. The Morgan fingerprint density at radius 3 is 2.66 bits per heavy atom. The number of nitrogens with zero attached hydrogens (tertiary/aromatic N) is 3. The molecule has 0 radical (unpaired) electrons. The Labute approximate surface area is 175 Å². The number of likely N-dealkylation sites (tertiary alicyclic amines) is 1. The van der Waals surface area contributed by atoms with E-state index in [1.807, 2.05) is 12.4 Å². The van der Waals surface area contributed by atoms with Gasteiger partial charge in [-0.2, -0.15) is 0 Å². The molecular weight excluding hydrogens is 364 g/mol. The van der Waals surface area contributed by atoms with Crippen LogP contribution < -0.4 is 5.32 Å². The van der Waals surface area contributed by atoms with E-state index < -0.39 is 0 Å². The predicted octanol–water partition coefficient (Wildman–Crippen LogP) is 2.44. The van der Waals surface area contributed by atoms with Crippen molar-refractivity contribution < 1.29 is 9.53 Å². The van der Waals surface area contributed by atoms with Crippen molar-refractivity contribution in [1.29, 1.82) is 0 Å². The van der Waals surface area contributed by atoms with Gasteiger partial charge in [-0.15, -0.1) is 0 Å². The molecule has 4 heterocycles.